The Kier molecular flexibility index (Phi) is 2.01. The molecule has 4 nitrogen and oxygen atoms in total. The lowest BCUT2D eigenvalue weighted by Crippen LogP contribution is -1.78. The molecule has 0 radical (unpaired) electrons. The molecule has 1 heterocycles. The molecular formula is C13H10N2O2. The van der Waals surface area contributed by atoms with Gasteiger partial charge in [0.1, 0.15) is 22.7 Å². The van der Waals surface area contributed by atoms with Crippen molar-refractivity contribution in [3.63, 3.8) is 0 Å². The van der Waals surface area contributed by atoms with Gasteiger partial charge in [-0.15, -0.1) is 0 Å². The lowest BCUT2D eigenvalue weighted by atomic mass is 10.1. The van der Waals surface area contributed by atoms with Gasteiger partial charge in [-0.2, -0.15) is 5.10 Å². The third kappa shape index (κ3) is 1.42. The van der Waals surface area contributed by atoms with E-state index in [0.717, 1.165) is 5.56 Å². The minimum absolute atomic E-state index is 0.0764. The Morgan fingerprint density at radius 2 is 1.59 bits per heavy atom. The van der Waals surface area contributed by atoms with Gasteiger partial charge in [-0.25, -0.2) is 0 Å². The van der Waals surface area contributed by atoms with Gasteiger partial charge < -0.3 is 10.2 Å². The van der Waals surface area contributed by atoms with Crippen molar-refractivity contribution in [2.45, 2.75) is 0 Å². The van der Waals surface area contributed by atoms with Gasteiger partial charge in [0.2, 0.25) is 0 Å². The second-order valence-corrected chi connectivity index (χ2v) is 3.79. The summed E-state index contributed by atoms with van der Waals surface area (Å²) in [5, 5.41) is 26.9. The molecule has 0 fully saturated rings. The first-order valence-electron chi connectivity index (χ1n) is 5.22. The maximum atomic E-state index is 9.86. The first-order chi connectivity index (χ1) is 8.27. The Bertz CT molecular complexity index is 674. The first-order valence-corrected chi connectivity index (χ1v) is 5.22. The summed E-state index contributed by atoms with van der Waals surface area (Å²) < 4.78 is 0. The highest BCUT2D eigenvalue weighted by molar-refractivity contribution is 6.00. The molecule has 0 saturated carbocycles. The zero-order valence-electron chi connectivity index (χ0n) is 8.88. The van der Waals surface area contributed by atoms with Crippen LogP contribution in [0.15, 0.2) is 42.5 Å². The molecule has 0 amide bonds. The number of hydrogen-bond acceptors (Lipinski definition) is 3. The third-order valence-corrected chi connectivity index (χ3v) is 2.72. The SMILES string of the molecule is Oc1ccc(O)c2c(-c3ccccc3)n[nH]c12. The van der Waals surface area contributed by atoms with Crippen LogP contribution in [-0.4, -0.2) is 20.4 Å². The van der Waals surface area contributed by atoms with Crippen molar-refractivity contribution in [2.75, 3.05) is 0 Å². The number of aromatic amines is 1. The molecule has 0 spiro atoms. The molecule has 4 heteroatoms. The number of benzene rings is 2. The fourth-order valence-electron chi connectivity index (χ4n) is 1.91. The summed E-state index contributed by atoms with van der Waals surface area (Å²) in [6, 6.07) is 12.4. The maximum Gasteiger partial charge on any atom is 0.141 e. The summed E-state index contributed by atoms with van der Waals surface area (Å²) in [5.74, 6) is 0.179. The number of fused-ring (bicyclic) bond motifs is 1. The molecule has 17 heavy (non-hydrogen) atoms. The van der Waals surface area contributed by atoms with Crippen molar-refractivity contribution in [3.05, 3.63) is 42.5 Å². The summed E-state index contributed by atoms with van der Waals surface area (Å²) in [7, 11) is 0. The first kappa shape index (κ1) is 9.72. The van der Waals surface area contributed by atoms with Crippen molar-refractivity contribution in [3.8, 4) is 22.8 Å². The zero-order valence-corrected chi connectivity index (χ0v) is 8.88. The highest BCUT2D eigenvalue weighted by Gasteiger charge is 2.14. The number of H-pyrrole nitrogens is 1. The number of phenolic OH excluding ortho intramolecular Hbond substituents is 2. The number of nitrogens with zero attached hydrogens (tertiary/aromatic N) is 1. The molecule has 0 aliphatic rings. The van der Waals surface area contributed by atoms with Crippen LogP contribution in [-0.2, 0) is 0 Å². The van der Waals surface area contributed by atoms with E-state index in [9.17, 15) is 10.2 Å². The van der Waals surface area contributed by atoms with E-state index >= 15 is 0 Å². The Hall–Kier alpha value is -2.49. The maximum absolute atomic E-state index is 9.86. The molecule has 3 aromatic rings. The van der Waals surface area contributed by atoms with Crippen LogP contribution in [0, 0.1) is 0 Å². The molecule has 1 aromatic heterocycles. The van der Waals surface area contributed by atoms with Gasteiger partial charge in [-0.1, -0.05) is 30.3 Å². The smallest absolute Gasteiger partial charge is 0.141 e. The van der Waals surface area contributed by atoms with Gasteiger partial charge >= 0.3 is 0 Å². The molecule has 0 saturated heterocycles. The standard InChI is InChI=1S/C13H10N2O2/c16-9-6-7-10(17)13-11(9)12(14-15-13)8-4-2-1-3-5-8/h1-7,16-17H,(H,14,15). The van der Waals surface area contributed by atoms with Crippen molar-refractivity contribution in [2.24, 2.45) is 0 Å². The summed E-state index contributed by atoms with van der Waals surface area (Å²) >= 11 is 0. The van der Waals surface area contributed by atoms with E-state index in [0.29, 0.717) is 16.6 Å². The van der Waals surface area contributed by atoms with Gasteiger partial charge in [-0.05, 0) is 12.1 Å². The molecule has 84 valence electrons. The molecule has 3 N–H and O–H groups in total. The number of rotatable bonds is 1. The minimum Gasteiger partial charge on any atom is -0.507 e. The molecule has 0 aliphatic heterocycles. The normalized spacial score (nSPS) is 10.8. The quantitative estimate of drug-likeness (QED) is 0.559. The van der Waals surface area contributed by atoms with Crippen LogP contribution in [0.2, 0.25) is 0 Å². The molecule has 0 atom stereocenters. The van der Waals surface area contributed by atoms with E-state index in [2.05, 4.69) is 10.2 Å². The molecular weight excluding hydrogens is 216 g/mol. The van der Waals surface area contributed by atoms with Crippen LogP contribution >= 0.6 is 0 Å². The molecule has 3 rings (SSSR count). The Labute approximate surface area is 97.2 Å². The summed E-state index contributed by atoms with van der Waals surface area (Å²) in [6.45, 7) is 0. The molecule has 0 unspecified atom stereocenters. The van der Waals surface area contributed by atoms with E-state index in [4.69, 9.17) is 0 Å². The lowest BCUT2D eigenvalue weighted by Gasteiger charge is -2.00. The van der Waals surface area contributed by atoms with Gasteiger partial charge in [0.25, 0.3) is 0 Å². The van der Waals surface area contributed by atoms with Crippen LogP contribution in [0.25, 0.3) is 22.2 Å². The Morgan fingerprint density at radius 3 is 2.35 bits per heavy atom. The minimum atomic E-state index is 0.0764. The fourth-order valence-corrected chi connectivity index (χ4v) is 1.91. The number of phenols is 2. The number of hydrogen-bond donors (Lipinski definition) is 3. The number of aromatic nitrogens is 2. The summed E-state index contributed by atoms with van der Waals surface area (Å²) in [4.78, 5) is 0. The molecule has 2 aromatic carbocycles. The van der Waals surface area contributed by atoms with Crippen LogP contribution in [0.3, 0.4) is 0 Å². The van der Waals surface area contributed by atoms with Crippen molar-refractivity contribution in [1.29, 1.82) is 0 Å². The van der Waals surface area contributed by atoms with Crippen molar-refractivity contribution in [1.82, 2.24) is 10.2 Å². The Morgan fingerprint density at radius 1 is 0.882 bits per heavy atom. The van der Waals surface area contributed by atoms with Crippen molar-refractivity contribution >= 4 is 10.9 Å². The second kappa shape index (κ2) is 3.52. The monoisotopic (exact) mass is 226 g/mol. The van der Waals surface area contributed by atoms with Gasteiger partial charge in [0, 0.05) is 5.56 Å². The van der Waals surface area contributed by atoms with E-state index in [-0.39, 0.29) is 11.5 Å². The van der Waals surface area contributed by atoms with Gasteiger partial charge in [0.05, 0.1) is 5.39 Å². The molecule has 0 bridgehead atoms. The second-order valence-electron chi connectivity index (χ2n) is 3.79. The third-order valence-electron chi connectivity index (χ3n) is 2.72. The van der Waals surface area contributed by atoms with Crippen LogP contribution in [0.5, 0.6) is 11.5 Å². The largest absolute Gasteiger partial charge is 0.507 e. The van der Waals surface area contributed by atoms with E-state index in [1.807, 2.05) is 30.3 Å². The predicted molar refractivity (Wildman–Crippen MR) is 64.9 cm³/mol. The highest BCUT2D eigenvalue weighted by Crippen LogP contribution is 2.36. The summed E-state index contributed by atoms with van der Waals surface area (Å²) in [5.41, 5.74) is 1.97. The van der Waals surface area contributed by atoms with Gasteiger partial charge in [-0.3, -0.25) is 5.10 Å². The number of aromatic hydroxyl groups is 2. The van der Waals surface area contributed by atoms with E-state index in [1.165, 1.54) is 12.1 Å². The van der Waals surface area contributed by atoms with E-state index in [1.54, 1.807) is 0 Å². The average Bonchev–Trinajstić information content (AvgIpc) is 2.81. The van der Waals surface area contributed by atoms with Crippen molar-refractivity contribution < 1.29 is 10.2 Å². The highest BCUT2D eigenvalue weighted by atomic mass is 16.3. The Balaban J connectivity index is 2.36. The summed E-state index contributed by atoms with van der Waals surface area (Å²) in [6.07, 6.45) is 0. The average molecular weight is 226 g/mol. The van der Waals surface area contributed by atoms with Crippen LogP contribution < -0.4 is 0 Å². The topological polar surface area (TPSA) is 69.1 Å². The predicted octanol–water partition coefficient (Wildman–Crippen LogP) is 2.64. The lowest BCUT2D eigenvalue weighted by molar-refractivity contribution is 0.469. The fraction of sp³-hybridized carbons (Fsp3) is 0. The van der Waals surface area contributed by atoms with Crippen LogP contribution in [0.4, 0.5) is 0 Å². The van der Waals surface area contributed by atoms with E-state index < -0.39 is 0 Å². The number of nitrogens with one attached hydrogen (secondary N) is 1. The van der Waals surface area contributed by atoms with Crippen LogP contribution in [0.1, 0.15) is 0 Å². The zero-order chi connectivity index (χ0) is 11.8. The van der Waals surface area contributed by atoms with Gasteiger partial charge in [0.15, 0.2) is 0 Å². The molecule has 0 aliphatic carbocycles.